The highest BCUT2D eigenvalue weighted by atomic mass is 19.4. The van der Waals surface area contributed by atoms with Crippen LogP contribution in [0, 0.1) is 0 Å². The van der Waals surface area contributed by atoms with Gasteiger partial charge in [-0.25, -0.2) is 4.98 Å². The zero-order valence-electron chi connectivity index (χ0n) is 7.99. The SMILES string of the molecule is COCC(Oc1ccccn1)C(F)(F)F. The van der Waals surface area contributed by atoms with Crippen LogP contribution < -0.4 is 4.74 Å². The van der Waals surface area contributed by atoms with E-state index in [1.54, 1.807) is 12.1 Å². The Morgan fingerprint density at radius 3 is 2.60 bits per heavy atom. The Morgan fingerprint density at radius 1 is 1.40 bits per heavy atom. The van der Waals surface area contributed by atoms with E-state index in [1.165, 1.54) is 19.4 Å². The molecule has 1 heterocycles. The fraction of sp³-hybridized carbons (Fsp3) is 0.444. The molecule has 1 aromatic rings. The van der Waals surface area contributed by atoms with E-state index in [1.807, 2.05) is 0 Å². The van der Waals surface area contributed by atoms with Crippen molar-refractivity contribution in [1.82, 2.24) is 4.98 Å². The molecule has 0 bridgehead atoms. The van der Waals surface area contributed by atoms with Gasteiger partial charge in [0.2, 0.25) is 12.0 Å². The molecule has 0 N–H and O–H groups in total. The van der Waals surface area contributed by atoms with Gasteiger partial charge in [-0.2, -0.15) is 13.2 Å². The van der Waals surface area contributed by atoms with Crippen LogP contribution in [0.4, 0.5) is 13.2 Å². The van der Waals surface area contributed by atoms with Crippen molar-refractivity contribution >= 4 is 0 Å². The molecule has 0 aliphatic heterocycles. The van der Waals surface area contributed by atoms with Crippen molar-refractivity contribution < 1.29 is 22.6 Å². The summed E-state index contributed by atoms with van der Waals surface area (Å²) in [5.41, 5.74) is 0. The highest BCUT2D eigenvalue weighted by Crippen LogP contribution is 2.24. The quantitative estimate of drug-likeness (QED) is 0.779. The minimum atomic E-state index is -4.46. The second kappa shape index (κ2) is 4.97. The van der Waals surface area contributed by atoms with Crippen molar-refractivity contribution in [3.8, 4) is 5.88 Å². The summed E-state index contributed by atoms with van der Waals surface area (Å²) in [5.74, 6) is -0.0723. The van der Waals surface area contributed by atoms with E-state index in [-0.39, 0.29) is 5.88 Å². The molecule has 0 spiro atoms. The minimum Gasteiger partial charge on any atom is -0.462 e. The number of ether oxygens (including phenoxy) is 2. The van der Waals surface area contributed by atoms with Crippen LogP contribution in [0.1, 0.15) is 0 Å². The summed E-state index contributed by atoms with van der Waals surface area (Å²) in [4.78, 5) is 3.64. The first-order valence-corrected chi connectivity index (χ1v) is 4.17. The Balaban J connectivity index is 2.67. The zero-order chi connectivity index (χ0) is 11.3. The first-order valence-electron chi connectivity index (χ1n) is 4.17. The second-order valence-electron chi connectivity index (χ2n) is 2.77. The highest BCUT2D eigenvalue weighted by Gasteiger charge is 2.42. The molecule has 0 aliphatic rings. The third-order valence-electron chi connectivity index (χ3n) is 1.58. The maximum Gasteiger partial charge on any atom is 0.427 e. The summed E-state index contributed by atoms with van der Waals surface area (Å²) in [6.45, 7) is -0.555. The monoisotopic (exact) mass is 221 g/mol. The van der Waals surface area contributed by atoms with Crippen molar-refractivity contribution in [3.63, 3.8) is 0 Å². The summed E-state index contributed by atoms with van der Waals surface area (Å²) < 4.78 is 46.2. The fourth-order valence-corrected chi connectivity index (χ4v) is 0.909. The van der Waals surface area contributed by atoms with Gasteiger partial charge in [-0.05, 0) is 6.07 Å². The van der Waals surface area contributed by atoms with E-state index in [0.29, 0.717) is 0 Å². The van der Waals surface area contributed by atoms with E-state index >= 15 is 0 Å². The normalized spacial score (nSPS) is 13.6. The number of halogens is 3. The van der Waals surface area contributed by atoms with Crippen molar-refractivity contribution in [2.75, 3.05) is 13.7 Å². The van der Waals surface area contributed by atoms with Crippen molar-refractivity contribution in [3.05, 3.63) is 24.4 Å². The third kappa shape index (κ3) is 3.75. The van der Waals surface area contributed by atoms with E-state index in [2.05, 4.69) is 14.5 Å². The Morgan fingerprint density at radius 2 is 2.13 bits per heavy atom. The van der Waals surface area contributed by atoms with Crippen LogP contribution in [0.2, 0.25) is 0 Å². The Labute approximate surface area is 84.8 Å². The van der Waals surface area contributed by atoms with Crippen LogP contribution in [0.5, 0.6) is 5.88 Å². The van der Waals surface area contributed by atoms with Gasteiger partial charge in [0.15, 0.2) is 0 Å². The van der Waals surface area contributed by atoms with Gasteiger partial charge in [-0.3, -0.25) is 0 Å². The molecule has 6 heteroatoms. The molecule has 0 fully saturated rings. The van der Waals surface area contributed by atoms with Crippen LogP contribution in [-0.2, 0) is 4.74 Å². The number of alkyl halides is 3. The maximum atomic E-state index is 12.4. The van der Waals surface area contributed by atoms with Crippen molar-refractivity contribution in [2.45, 2.75) is 12.3 Å². The first kappa shape index (κ1) is 11.8. The fourth-order valence-electron chi connectivity index (χ4n) is 0.909. The number of nitrogens with zero attached hydrogens (tertiary/aromatic N) is 1. The largest absolute Gasteiger partial charge is 0.462 e. The lowest BCUT2D eigenvalue weighted by Gasteiger charge is -2.20. The lowest BCUT2D eigenvalue weighted by molar-refractivity contribution is -0.207. The average Bonchev–Trinajstić information content (AvgIpc) is 2.17. The maximum absolute atomic E-state index is 12.4. The molecule has 1 rings (SSSR count). The van der Waals surface area contributed by atoms with Crippen molar-refractivity contribution in [1.29, 1.82) is 0 Å². The van der Waals surface area contributed by atoms with Crippen LogP contribution in [0.3, 0.4) is 0 Å². The summed E-state index contributed by atoms with van der Waals surface area (Å²) in [6.07, 6.45) is -5.10. The number of pyridine rings is 1. The standard InChI is InChI=1S/C9H10F3NO2/c1-14-6-7(9(10,11)12)15-8-4-2-3-5-13-8/h2-5,7H,6H2,1H3. The molecule has 1 atom stereocenters. The lowest BCUT2D eigenvalue weighted by atomic mass is 10.3. The Hall–Kier alpha value is -1.30. The van der Waals surface area contributed by atoms with E-state index < -0.39 is 18.9 Å². The summed E-state index contributed by atoms with van der Waals surface area (Å²) in [5, 5.41) is 0. The Kier molecular flexibility index (Phi) is 3.90. The van der Waals surface area contributed by atoms with Gasteiger partial charge in [0.25, 0.3) is 0 Å². The number of methoxy groups -OCH3 is 1. The predicted molar refractivity (Wildman–Crippen MR) is 46.6 cm³/mol. The van der Waals surface area contributed by atoms with E-state index in [9.17, 15) is 13.2 Å². The predicted octanol–water partition coefficient (Wildman–Crippen LogP) is 2.04. The van der Waals surface area contributed by atoms with E-state index in [0.717, 1.165) is 0 Å². The summed E-state index contributed by atoms with van der Waals surface area (Å²) in [6, 6.07) is 4.49. The van der Waals surface area contributed by atoms with Gasteiger partial charge in [-0.1, -0.05) is 6.07 Å². The smallest absolute Gasteiger partial charge is 0.427 e. The molecule has 15 heavy (non-hydrogen) atoms. The molecule has 0 saturated carbocycles. The third-order valence-corrected chi connectivity index (χ3v) is 1.58. The Bertz CT molecular complexity index is 289. The molecule has 1 aromatic heterocycles. The molecular weight excluding hydrogens is 211 g/mol. The number of hydrogen-bond donors (Lipinski definition) is 0. The molecule has 0 aromatic carbocycles. The first-order chi connectivity index (χ1) is 7.04. The summed E-state index contributed by atoms with van der Waals surface area (Å²) >= 11 is 0. The lowest BCUT2D eigenvalue weighted by Crippen LogP contribution is -2.38. The minimum absolute atomic E-state index is 0.0723. The molecule has 1 unspecified atom stereocenters. The molecule has 0 aliphatic carbocycles. The van der Waals surface area contributed by atoms with Crippen LogP contribution in [0.25, 0.3) is 0 Å². The topological polar surface area (TPSA) is 31.4 Å². The van der Waals surface area contributed by atoms with Gasteiger partial charge in [0, 0.05) is 19.4 Å². The van der Waals surface area contributed by atoms with Gasteiger partial charge >= 0.3 is 6.18 Å². The van der Waals surface area contributed by atoms with Crippen LogP contribution in [-0.4, -0.2) is 31.0 Å². The molecule has 84 valence electrons. The number of aromatic nitrogens is 1. The number of hydrogen-bond acceptors (Lipinski definition) is 3. The molecule has 0 saturated heterocycles. The zero-order valence-corrected chi connectivity index (χ0v) is 7.99. The van der Waals surface area contributed by atoms with Crippen molar-refractivity contribution in [2.24, 2.45) is 0 Å². The number of rotatable bonds is 4. The van der Waals surface area contributed by atoms with E-state index in [4.69, 9.17) is 0 Å². The van der Waals surface area contributed by atoms with Gasteiger partial charge < -0.3 is 9.47 Å². The molecule has 0 radical (unpaired) electrons. The van der Waals surface area contributed by atoms with Gasteiger partial charge in [0.05, 0.1) is 6.61 Å². The average molecular weight is 221 g/mol. The van der Waals surface area contributed by atoms with Crippen LogP contribution >= 0.6 is 0 Å². The second-order valence-corrected chi connectivity index (χ2v) is 2.77. The van der Waals surface area contributed by atoms with Crippen LogP contribution in [0.15, 0.2) is 24.4 Å². The van der Waals surface area contributed by atoms with Gasteiger partial charge in [-0.15, -0.1) is 0 Å². The molecular formula is C9H10F3NO2. The highest BCUT2D eigenvalue weighted by molar-refractivity contribution is 5.09. The molecule has 3 nitrogen and oxygen atoms in total. The molecule has 0 amide bonds. The van der Waals surface area contributed by atoms with Gasteiger partial charge in [0.1, 0.15) is 0 Å². The summed E-state index contributed by atoms with van der Waals surface area (Å²) in [7, 11) is 1.18.